The Morgan fingerprint density at radius 2 is 1.74 bits per heavy atom. The first-order valence-electron chi connectivity index (χ1n) is 9.11. The van der Waals surface area contributed by atoms with Gasteiger partial charge in [-0.25, -0.2) is 0 Å². The molecule has 5 aliphatic rings. The van der Waals surface area contributed by atoms with Gasteiger partial charge in [0.2, 0.25) is 0 Å². The zero-order valence-electron chi connectivity index (χ0n) is 13.5. The van der Waals surface area contributed by atoms with Crippen LogP contribution in [0.3, 0.4) is 0 Å². The number of fused-ring (bicyclic) bond motifs is 7. The highest BCUT2D eigenvalue weighted by atomic mass is 15.0. The van der Waals surface area contributed by atoms with Crippen molar-refractivity contribution in [2.24, 2.45) is 9.98 Å². The van der Waals surface area contributed by atoms with Crippen molar-refractivity contribution in [3.8, 4) is 0 Å². The monoisotopic (exact) mass is 308 g/mol. The minimum Gasteiger partial charge on any atom is -0.362 e. The molecule has 8 bridgehead atoms. The number of hydrogen-bond acceptors (Lipinski definition) is 4. The second kappa shape index (κ2) is 5.45. The predicted octanol–water partition coefficient (Wildman–Crippen LogP) is 2.99. The molecule has 0 aromatic heterocycles. The van der Waals surface area contributed by atoms with Gasteiger partial charge in [0.15, 0.2) is 0 Å². The van der Waals surface area contributed by atoms with Crippen LogP contribution in [0.15, 0.2) is 45.3 Å². The van der Waals surface area contributed by atoms with Gasteiger partial charge in [-0.05, 0) is 69.6 Å². The molecule has 5 aliphatic heterocycles. The van der Waals surface area contributed by atoms with E-state index in [9.17, 15) is 0 Å². The minimum atomic E-state index is 0.467. The Bertz CT molecular complexity index is 679. The highest BCUT2D eigenvalue weighted by Crippen LogP contribution is 2.29. The second-order valence-electron chi connectivity index (χ2n) is 7.41. The summed E-state index contributed by atoms with van der Waals surface area (Å²) in [5.74, 6) is 0. The quantitative estimate of drug-likeness (QED) is 0.723. The number of nitrogens with one attached hydrogen (secondary N) is 2. The third-order valence-electron chi connectivity index (χ3n) is 5.69. The molecular weight excluding hydrogens is 284 g/mol. The van der Waals surface area contributed by atoms with Gasteiger partial charge in [0.05, 0.1) is 6.04 Å². The van der Waals surface area contributed by atoms with E-state index < -0.39 is 0 Å². The summed E-state index contributed by atoms with van der Waals surface area (Å²) in [5, 5.41) is 7.39. The fourth-order valence-electron chi connectivity index (χ4n) is 4.50. The molecule has 0 amide bonds. The second-order valence-corrected chi connectivity index (χ2v) is 7.41. The first-order chi connectivity index (χ1) is 11.3. The average molecular weight is 308 g/mol. The van der Waals surface area contributed by atoms with Crippen molar-refractivity contribution in [2.45, 2.75) is 69.5 Å². The van der Waals surface area contributed by atoms with E-state index in [1.54, 1.807) is 0 Å². The van der Waals surface area contributed by atoms with Crippen LogP contribution in [0.25, 0.3) is 0 Å². The van der Waals surface area contributed by atoms with Crippen LogP contribution in [0.5, 0.6) is 0 Å². The maximum Gasteiger partial charge on any atom is 0.0659 e. The molecule has 120 valence electrons. The summed E-state index contributed by atoms with van der Waals surface area (Å²) in [6.07, 6.45) is 16.1. The van der Waals surface area contributed by atoms with Gasteiger partial charge in [0.1, 0.15) is 0 Å². The van der Waals surface area contributed by atoms with Crippen molar-refractivity contribution in [1.29, 1.82) is 0 Å². The lowest BCUT2D eigenvalue weighted by Crippen LogP contribution is -2.36. The van der Waals surface area contributed by atoms with Gasteiger partial charge in [-0.1, -0.05) is 0 Å². The molecule has 0 aromatic rings. The van der Waals surface area contributed by atoms with E-state index in [1.807, 2.05) is 0 Å². The van der Waals surface area contributed by atoms with E-state index in [1.165, 1.54) is 47.8 Å². The Morgan fingerprint density at radius 1 is 0.870 bits per heavy atom. The summed E-state index contributed by atoms with van der Waals surface area (Å²) >= 11 is 0. The molecule has 3 atom stereocenters. The van der Waals surface area contributed by atoms with E-state index in [-0.39, 0.29) is 0 Å². The summed E-state index contributed by atoms with van der Waals surface area (Å²) in [6.45, 7) is 0. The lowest BCUT2D eigenvalue weighted by atomic mass is 10.0. The van der Waals surface area contributed by atoms with Crippen LogP contribution in [0.4, 0.5) is 0 Å². The Kier molecular flexibility index (Phi) is 3.25. The molecule has 2 saturated heterocycles. The van der Waals surface area contributed by atoms with E-state index in [2.05, 4.69) is 28.9 Å². The van der Waals surface area contributed by atoms with Crippen LogP contribution in [0.1, 0.15) is 51.4 Å². The molecular formula is C19H24N4. The van der Waals surface area contributed by atoms with Crippen molar-refractivity contribution in [3.05, 3.63) is 35.3 Å². The molecule has 4 heteroatoms. The van der Waals surface area contributed by atoms with Gasteiger partial charge in [-0.15, -0.1) is 0 Å². The molecule has 0 aliphatic carbocycles. The fraction of sp³-hybridized carbons (Fsp3) is 0.579. The highest BCUT2D eigenvalue weighted by Gasteiger charge is 2.32. The van der Waals surface area contributed by atoms with Crippen molar-refractivity contribution >= 4 is 11.4 Å². The van der Waals surface area contributed by atoms with Crippen LogP contribution in [-0.4, -0.2) is 29.5 Å². The number of aliphatic imine (C=N–C) groups is 2. The topological polar surface area (TPSA) is 48.8 Å². The molecule has 0 saturated carbocycles. The molecule has 5 heterocycles. The van der Waals surface area contributed by atoms with E-state index >= 15 is 0 Å². The van der Waals surface area contributed by atoms with E-state index in [0.29, 0.717) is 18.1 Å². The van der Waals surface area contributed by atoms with Gasteiger partial charge in [-0.3, -0.25) is 9.98 Å². The molecule has 0 aromatic carbocycles. The summed E-state index contributed by atoms with van der Waals surface area (Å²) in [6, 6.07) is 1.51. The predicted molar refractivity (Wildman–Crippen MR) is 93.7 cm³/mol. The van der Waals surface area contributed by atoms with Crippen LogP contribution in [0, 0.1) is 0 Å². The summed E-state index contributed by atoms with van der Waals surface area (Å²) in [4.78, 5) is 9.87. The van der Waals surface area contributed by atoms with Gasteiger partial charge < -0.3 is 10.6 Å². The number of allylic oxidation sites excluding steroid dienone is 5. The molecule has 3 unspecified atom stereocenters. The van der Waals surface area contributed by atoms with E-state index in [4.69, 9.17) is 9.98 Å². The van der Waals surface area contributed by atoms with Crippen molar-refractivity contribution in [1.82, 2.24) is 10.6 Å². The zero-order valence-corrected chi connectivity index (χ0v) is 13.5. The molecule has 0 spiro atoms. The molecule has 4 nitrogen and oxygen atoms in total. The molecule has 0 radical (unpaired) electrons. The third kappa shape index (κ3) is 2.69. The van der Waals surface area contributed by atoms with Crippen LogP contribution in [0.2, 0.25) is 0 Å². The van der Waals surface area contributed by atoms with Crippen molar-refractivity contribution < 1.29 is 0 Å². The largest absolute Gasteiger partial charge is 0.362 e. The number of hydrogen-bond donors (Lipinski definition) is 2. The Morgan fingerprint density at radius 3 is 2.65 bits per heavy atom. The molecule has 23 heavy (non-hydrogen) atoms. The maximum atomic E-state index is 5.01. The molecule has 2 N–H and O–H groups in total. The Hall–Kier alpha value is -1.68. The van der Waals surface area contributed by atoms with Gasteiger partial charge in [0, 0.05) is 40.6 Å². The summed E-state index contributed by atoms with van der Waals surface area (Å²) in [7, 11) is 0. The van der Waals surface area contributed by atoms with Crippen LogP contribution < -0.4 is 10.6 Å². The lowest BCUT2D eigenvalue weighted by Gasteiger charge is -2.17. The van der Waals surface area contributed by atoms with Gasteiger partial charge in [-0.2, -0.15) is 0 Å². The van der Waals surface area contributed by atoms with Crippen LogP contribution in [-0.2, 0) is 0 Å². The summed E-state index contributed by atoms with van der Waals surface area (Å²) < 4.78 is 0. The summed E-state index contributed by atoms with van der Waals surface area (Å²) in [5.41, 5.74) is 6.45. The SMILES string of the molecule is C1=C2CCC(=CC3=NC(CC3)C3CCC(/C=C4/CCC1=N4)N3)N2. The molecule has 2 fully saturated rings. The van der Waals surface area contributed by atoms with Crippen molar-refractivity contribution in [3.63, 3.8) is 0 Å². The lowest BCUT2D eigenvalue weighted by molar-refractivity contribution is 0.473. The van der Waals surface area contributed by atoms with Gasteiger partial charge in [0.25, 0.3) is 0 Å². The van der Waals surface area contributed by atoms with Gasteiger partial charge >= 0.3 is 0 Å². The standard InChI is InChI=1S/C19H24N4/c1-3-14-10-16-5-7-18(22-16)19-8-6-17(23-19)11-15-4-2-13(21-15)9-12(1)20-14/h9-11,16,18-19,21-22H,1-8H2/b13-9?,14-10-,15-11?. The minimum absolute atomic E-state index is 0.467. The highest BCUT2D eigenvalue weighted by molar-refractivity contribution is 5.98. The smallest absolute Gasteiger partial charge is 0.0659 e. The van der Waals surface area contributed by atoms with E-state index in [0.717, 1.165) is 32.1 Å². The normalized spacial score (nSPS) is 37.7. The first kappa shape index (κ1) is 13.7. The third-order valence-corrected chi connectivity index (χ3v) is 5.69. The fourth-order valence-corrected chi connectivity index (χ4v) is 4.50. The first-order valence-corrected chi connectivity index (χ1v) is 9.11. The number of nitrogens with zero attached hydrogens (tertiary/aromatic N) is 2. The maximum absolute atomic E-state index is 5.01. The van der Waals surface area contributed by atoms with Crippen molar-refractivity contribution in [2.75, 3.05) is 0 Å². The average Bonchev–Trinajstić information content (AvgIpc) is 3.28. The Balaban J connectivity index is 1.51. The van der Waals surface area contributed by atoms with Crippen LogP contribution >= 0.6 is 0 Å². The molecule has 5 rings (SSSR count). The Labute approximate surface area is 137 Å². The zero-order chi connectivity index (χ0) is 15.2. The number of rotatable bonds is 0.